The van der Waals surface area contributed by atoms with Crippen LogP contribution in [0, 0.1) is 10.1 Å². The number of nitrogens with zero attached hydrogens (tertiary/aromatic N) is 2. The molecule has 2 aromatic carbocycles. The molecule has 0 saturated heterocycles. The number of anilines is 1. The summed E-state index contributed by atoms with van der Waals surface area (Å²) in [6.45, 7) is 0. The number of nitro benzene ring substituents is 1. The normalized spacial score (nSPS) is 10.1. The summed E-state index contributed by atoms with van der Waals surface area (Å²) in [7, 11) is 6.10. The summed E-state index contributed by atoms with van der Waals surface area (Å²) >= 11 is 0. The maximum atomic E-state index is 12.5. The Morgan fingerprint density at radius 1 is 1.07 bits per heavy atom. The fraction of sp³-hybridized carbons (Fsp3) is 0.263. The van der Waals surface area contributed by atoms with Gasteiger partial charge in [0.2, 0.25) is 5.91 Å². The molecule has 0 aliphatic carbocycles. The van der Waals surface area contributed by atoms with Gasteiger partial charge in [-0.15, -0.1) is 0 Å². The molecule has 1 N–H and O–H groups in total. The topological polar surface area (TPSA) is 111 Å². The fourth-order valence-electron chi connectivity index (χ4n) is 2.52. The molecule has 0 aliphatic heterocycles. The Balaban J connectivity index is 2.28. The van der Waals surface area contributed by atoms with E-state index in [1.54, 1.807) is 14.1 Å². The number of carbonyl (C=O) groups excluding carboxylic acids is 2. The van der Waals surface area contributed by atoms with Gasteiger partial charge in [-0.2, -0.15) is 0 Å². The minimum atomic E-state index is -0.507. The molecule has 148 valence electrons. The van der Waals surface area contributed by atoms with E-state index >= 15 is 0 Å². The number of ether oxygens (including phenoxy) is 2. The van der Waals surface area contributed by atoms with E-state index in [-0.39, 0.29) is 35.2 Å². The van der Waals surface area contributed by atoms with Gasteiger partial charge >= 0.3 is 0 Å². The van der Waals surface area contributed by atoms with E-state index in [4.69, 9.17) is 9.47 Å². The van der Waals surface area contributed by atoms with Gasteiger partial charge in [-0.05, 0) is 11.6 Å². The maximum Gasteiger partial charge on any atom is 0.269 e. The highest BCUT2D eigenvalue weighted by Crippen LogP contribution is 2.34. The Kier molecular flexibility index (Phi) is 6.54. The minimum absolute atomic E-state index is 0.0120. The van der Waals surface area contributed by atoms with E-state index in [9.17, 15) is 19.7 Å². The van der Waals surface area contributed by atoms with Crippen molar-refractivity contribution >= 4 is 23.2 Å². The zero-order chi connectivity index (χ0) is 20.8. The molecule has 2 aromatic rings. The van der Waals surface area contributed by atoms with Crippen molar-refractivity contribution in [3.63, 3.8) is 0 Å². The number of nitrogens with one attached hydrogen (secondary N) is 1. The molecular formula is C19H21N3O6. The fourth-order valence-corrected chi connectivity index (χ4v) is 2.52. The van der Waals surface area contributed by atoms with Gasteiger partial charge in [0.1, 0.15) is 0 Å². The van der Waals surface area contributed by atoms with E-state index in [0.29, 0.717) is 17.1 Å². The number of benzene rings is 2. The van der Waals surface area contributed by atoms with Crippen LogP contribution in [0.4, 0.5) is 11.4 Å². The first-order valence-corrected chi connectivity index (χ1v) is 8.27. The second-order valence-electron chi connectivity index (χ2n) is 6.10. The van der Waals surface area contributed by atoms with Crippen LogP contribution < -0.4 is 14.8 Å². The second-order valence-corrected chi connectivity index (χ2v) is 6.10. The lowest BCUT2D eigenvalue weighted by atomic mass is 10.1. The first-order chi connectivity index (χ1) is 13.3. The predicted molar refractivity (Wildman–Crippen MR) is 103 cm³/mol. The Hall–Kier alpha value is -3.62. The highest BCUT2D eigenvalue weighted by Gasteiger charge is 2.20. The molecule has 28 heavy (non-hydrogen) atoms. The zero-order valence-electron chi connectivity index (χ0n) is 16.0. The minimum Gasteiger partial charge on any atom is -0.493 e. The molecule has 2 amide bonds. The SMILES string of the molecule is COc1cc(NC(=O)Cc2ccc([N+](=O)[O-])cc2)c(C(=O)N(C)C)cc1OC. The van der Waals surface area contributed by atoms with Crippen molar-refractivity contribution in [1.82, 2.24) is 4.90 Å². The highest BCUT2D eigenvalue weighted by atomic mass is 16.6. The van der Waals surface area contributed by atoms with Crippen molar-refractivity contribution in [2.24, 2.45) is 0 Å². The van der Waals surface area contributed by atoms with Crippen LogP contribution in [0.3, 0.4) is 0 Å². The number of amides is 2. The molecule has 0 aliphatic rings. The van der Waals surface area contributed by atoms with E-state index in [2.05, 4.69) is 5.32 Å². The maximum absolute atomic E-state index is 12.5. The number of hydrogen-bond acceptors (Lipinski definition) is 6. The predicted octanol–water partition coefficient (Wildman–Crippen LogP) is 2.50. The molecule has 0 atom stereocenters. The molecule has 0 heterocycles. The Labute approximate surface area is 162 Å². The molecule has 0 saturated carbocycles. The summed E-state index contributed by atoms with van der Waals surface area (Å²) in [5.74, 6) is 0.0324. The number of methoxy groups -OCH3 is 2. The highest BCUT2D eigenvalue weighted by molar-refractivity contribution is 6.04. The molecule has 0 fully saturated rings. The monoisotopic (exact) mass is 387 g/mol. The Morgan fingerprint density at radius 2 is 1.64 bits per heavy atom. The summed E-state index contributed by atoms with van der Waals surface area (Å²) in [4.78, 5) is 36.5. The third kappa shape index (κ3) is 4.76. The lowest BCUT2D eigenvalue weighted by molar-refractivity contribution is -0.384. The second kappa shape index (κ2) is 8.85. The summed E-state index contributed by atoms with van der Waals surface area (Å²) in [6.07, 6.45) is -0.0120. The van der Waals surface area contributed by atoms with Crippen LogP contribution in [0.15, 0.2) is 36.4 Å². The van der Waals surface area contributed by atoms with Crippen LogP contribution in [-0.2, 0) is 11.2 Å². The van der Waals surface area contributed by atoms with Crippen molar-refractivity contribution < 1.29 is 24.0 Å². The zero-order valence-corrected chi connectivity index (χ0v) is 16.0. The van der Waals surface area contributed by atoms with Gasteiger partial charge in [0.15, 0.2) is 11.5 Å². The van der Waals surface area contributed by atoms with Gasteiger partial charge in [-0.1, -0.05) is 12.1 Å². The van der Waals surface area contributed by atoms with Gasteiger partial charge in [0.05, 0.1) is 36.8 Å². The van der Waals surface area contributed by atoms with Crippen LogP contribution in [0.5, 0.6) is 11.5 Å². The summed E-state index contributed by atoms with van der Waals surface area (Å²) < 4.78 is 10.5. The standard InChI is InChI=1S/C19H21N3O6/c1-21(2)19(24)14-10-16(27-3)17(28-4)11-15(14)20-18(23)9-12-5-7-13(8-6-12)22(25)26/h5-8,10-11H,9H2,1-4H3,(H,20,23). The third-order valence-corrected chi connectivity index (χ3v) is 3.95. The van der Waals surface area contributed by atoms with Crippen molar-refractivity contribution in [2.45, 2.75) is 6.42 Å². The Morgan fingerprint density at radius 3 is 2.14 bits per heavy atom. The number of nitro groups is 1. The van der Waals surface area contributed by atoms with E-state index in [1.807, 2.05) is 0 Å². The lowest BCUT2D eigenvalue weighted by Crippen LogP contribution is -2.24. The van der Waals surface area contributed by atoms with Crippen molar-refractivity contribution in [2.75, 3.05) is 33.6 Å². The number of carbonyl (C=O) groups is 2. The van der Waals surface area contributed by atoms with Gasteiger partial charge < -0.3 is 19.7 Å². The smallest absolute Gasteiger partial charge is 0.269 e. The molecule has 9 nitrogen and oxygen atoms in total. The molecular weight excluding hydrogens is 366 g/mol. The van der Waals surface area contributed by atoms with Crippen LogP contribution >= 0.6 is 0 Å². The Bertz CT molecular complexity index is 893. The van der Waals surface area contributed by atoms with Gasteiger partial charge in [-0.25, -0.2) is 0 Å². The molecule has 0 bridgehead atoms. The lowest BCUT2D eigenvalue weighted by Gasteiger charge is -2.18. The van der Waals surface area contributed by atoms with Gasteiger partial charge in [0.25, 0.3) is 11.6 Å². The largest absolute Gasteiger partial charge is 0.493 e. The van der Waals surface area contributed by atoms with E-state index in [0.717, 1.165) is 0 Å². The quantitative estimate of drug-likeness (QED) is 0.577. The molecule has 0 radical (unpaired) electrons. The molecule has 0 unspecified atom stereocenters. The van der Waals surface area contributed by atoms with Gasteiger partial charge in [0, 0.05) is 32.3 Å². The summed E-state index contributed by atoms with van der Waals surface area (Å²) in [5.41, 5.74) is 1.08. The van der Waals surface area contributed by atoms with Crippen molar-refractivity contribution in [1.29, 1.82) is 0 Å². The number of hydrogen-bond donors (Lipinski definition) is 1. The summed E-state index contributed by atoms with van der Waals surface area (Å²) in [5, 5.41) is 13.4. The first-order valence-electron chi connectivity index (χ1n) is 8.27. The molecule has 9 heteroatoms. The molecule has 0 spiro atoms. The average molecular weight is 387 g/mol. The molecule has 0 aromatic heterocycles. The van der Waals surface area contributed by atoms with E-state index in [1.165, 1.54) is 55.5 Å². The van der Waals surface area contributed by atoms with Crippen LogP contribution in [-0.4, -0.2) is 50.0 Å². The van der Waals surface area contributed by atoms with Crippen molar-refractivity contribution in [3.05, 3.63) is 57.6 Å². The number of non-ortho nitro benzene ring substituents is 1. The van der Waals surface area contributed by atoms with Crippen molar-refractivity contribution in [3.8, 4) is 11.5 Å². The van der Waals surface area contributed by atoms with Crippen LogP contribution in [0.1, 0.15) is 15.9 Å². The van der Waals surface area contributed by atoms with Gasteiger partial charge in [-0.3, -0.25) is 19.7 Å². The summed E-state index contributed by atoms with van der Waals surface area (Å²) in [6, 6.07) is 8.71. The van der Waals surface area contributed by atoms with Crippen LogP contribution in [0.25, 0.3) is 0 Å². The molecule has 2 rings (SSSR count). The third-order valence-electron chi connectivity index (χ3n) is 3.95. The van der Waals surface area contributed by atoms with Crippen LogP contribution in [0.2, 0.25) is 0 Å². The number of rotatable bonds is 7. The first kappa shape index (κ1) is 20.7. The van der Waals surface area contributed by atoms with E-state index < -0.39 is 4.92 Å². The average Bonchev–Trinajstić information content (AvgIpc) is 2.67.